The van der Waals surface area contributed by atoms with Gasteiger partial charge in [0.15, 0.2) is 0 Å². The molecule has 0 radical (unpaired) electrons. The van der Waals surface area contributed by atoms with E-state index >= 15 is 0 Å². The third-order valence-corrected chi connectivity index (χ3v) is 5.05. The molecule has 0 spiro atoms. The highest BCUT2D eigenvalue weighted by Gasteiger charge is 2.39. The van der Waals surface area contributed by atoms with Crippen molar-refractivity contribution in [2.75, 3.05) is 0 Å². The second kappa shape index (κ2) is 7.23. The van der Waals surface area contributed by atoms with Gasteiger partial charge < -0.3 is 9.90 Å². The van der Waals surface area contributed by atoms with Crippen LogP contribution in [0.2, 0.25) is 0 Å². The second-order valence-corrected chi connectivity index (χ2v) is 6.90. The van der Waals surface area contributed by atoms with Crippen LogP contribution in [-0.4, -0.2) is 27.1 Å². The molecule has 1 aromatic carbocycles. The van der Waals surface area contributed by atoms with E-state index in [2.05, 4.69) is 0 Å². The topological polar surface area (TPSA) is 60.4 Å². The number of halogens is 1. The maximum absolute atomic E-state index is 13.7. The molecule has 1 aliphatic rings. The third-order valence-electron chi connectivity index (χ3n) is 3.72. The largest absolute Gasteiger partial charge is 0.548 e. The second-order valence-electron chi connectivity index (χ2n) is 5.22. The van der Waals surface area contributed by atoms with E-state index < -0.39 is 23.7 Å². The highest BCUT2D eigenvalue weighted by atomic mass is 32.2. The van der Waals surface area contributed by atoms with Gasteiger partial charge in [-0.25, -0.2) is 4.39 Å². The van der Waals surface area contributed by atoms with Crippen LogP contribution in [0.15, 0.2) is 29.2 Å². The first kappa shape index (κ1) is 17.6. The molecule has 23 heavy (non-hydrogen) atoms. The predicted molar refractivity (Wildman–Crippen MR) is 89.7 cm³/mol. The summed E-state index contributed by atoms with van der Waals surface area (Å²) in [5.41, 5.74) is 0.251. The summed E-state index contributed by atoms with van der Waals surface area (Å²) in [7, 11) is 0. The first-order chi connectivity index (χ1) is 10.9. The van der Waals surface area contributed by atoms with Crippen LogP contribution in [0.1, 0.15) is 25.8 Å². The third kappa shape index (κ3) is 3.61. The fourth-order valence-corrected chi connectivity index (χ4v) is 3.59. The molecule has 2 atom stereocenters. The van der Waals surface area contributed by atoms with E-state index in [0.29, 0.717) is 6.42 Å². The molecule has 0 aromatic heterocycles. The van der Waals surface area contributed by atoms with E-state index in [1.165, 1.54) is 18.2 Å². The standard InChI is InChI=1S/C16H16FNO3S2/c1-3-9(2)13(15(20)21)18-14(19)12(23-16(18)22)8-10-6-4-5-7-11(10)17/h4-9,13H,3H2,1-2H3,(H,20,21)/p-1/b12-8-/t9-,13-/m1/s1. The fraction of sp³-hybridized carbons (Fsp3) is 0.312. The number of carbonyl (C=O) groups excluding carboxylic acids is 2. The summed E-state index contributed by atoms with van der Waals surface area (Å²) in [6, 6.07) is 4.90. The number of nitrogens with zero attached hydrogens (tertiary/aromatic N) is 1. The van der Waals surface area contributed by atoms with Crippen molar-refractivity contribution in [2.45, 2.75) is 26.3 Å². The Morgan fingerprint density at radius 1 is 1.48 bits per heavy atom. The summed E-state index contributed by atoms with van der Waals surface area (Å²) in [4.78, 5) is 25.2. The molecule has 0 bridgehead atoms. The Balaban J connectivity index is 2.36. The number of carboxylic acids is 1. The van der Waals surface area contributed by atoms with Crippen LogP contribution in [0.4, 0.5) is 4.39 Å². The van der Waals surface area contributed by atoms with Gasteiger partial charge in [0, 0.05) is 5.56 Å². The average Bonchev–Trinajstić information content (AvgIpc) is 2.77. The van der Waals surface area contributed by atoms with Gasteiger partial charge in [-0.2, -0.15) is 0 Å². The normalized spacial score (nSPS) is 19.3. The molecule has 1 amide bonds. The van der Waals surface area contributed by atoms with Gasteiger partial charge in [-0.1, -0.05) is 62.4 Å². The monoisotopic (exact) mass is 352 g/mol. The lowest BCUT2D eigenvalue weighted by Gasteiger charge is -2.32. The minimum Gasteiger partial charge on any atom is -0.548 e. The minimum atomic E-state index is -1.34. The lowest BCUT2D eigenvalue weighted by atomic mass is 9.98. The van der Waals surface area contributed by atoms with Gasteiger partial charge in [-0.05, 0) is 18.1 Å². The number of carboxylic acid groups (broad SMARTS) is 1. The van der Waals surface area contributed by atoms with Crippen LogP contribution in [0.3, 0.4) is 0 Å². The van der Waals surface area contributed by atoms with Crippen molar-refractivity contribution < 1.29 is 19.1 Å². The van der Waals surface area contributed by atoms with Gasteiger partial charge >= 0.3 is 0 Å². The van der Waals surface area contributed by atoms with Crippen LogP contribution < -0.4 is 5.11 Å². The quantitative estimate of drug-likeness (QED) is 0.600. The van der Waals surface area contributed by atoms with Crippen molar-refractivity contribution in [1.82, 2.24) is 4.90 Å². The number of hydrogen-bond acceptors (Lipinski definition) is 5. The van der Waals surface area contributed by atoms with Gasteiger partial charge in [-0.15, -0.1) is 0 Å². The Hall–Kier alpha value is -1.73. The molecule has 1 aromatic rings. The van der Waals surface area contributed by atoms with Gasteiger partial charge in [0.25, 0.3) is 5.91 Å². The molecule has 2 rings (SSSR count). The average molecular weight is 352 g/mol. The number of hydrogen-bond donors (Lipinski definition) is 0. The smallest absolute Gasteiger partial charge is 0.266 e. The van der Waals surface area contributed by atoms with Crippen LogP contribution >= 0.6 is 24.0 Å². The van der Waals surface area contributed by atoms with Gasteiger partial charge in [0.05, 0.1) is 16.9 Å². The van der Waals surface area contributed by atoms with Gasteiger partial charge in [0.1, 0.15) is 10.1 Å². The molecule has 122 valence electrons. The number of thioether (sulfide) groups is 1. The minimum absolute atomic E-state index is 0.145. The number of rotatable bonds is 5. The predicted octanol–water partition coefficient (Wildman–Crippen LogP) is 2.19. The summed E-state index contributed by atoms with van der Waals surface area (Å²) >= 11 is 6.12. The molecule has 1 aliphatic heterocycles. The van der Waals surface area contributed by atoms with Crippen LogP contribution in [0, 0.1) is 11.7 Å². The number of aliphatic carboxylic acids is 1. The molecule has 0 saturated carbocycles. The van der Waals surface area contributed by atoms with Crippen LogP contribution in [0.5, 0.6) is 0 Å². The number of thiocarbonyl (C=S) groups is 1. The van der Waals surface area contributed by atoms with Crippen molar-refractivity contribution in [2.24, 2.45) is 5.92 Å². The SMILES string of the molecule is CC[C@@H](C)[C@H](C(=O)[O-])N1C(=O)/C(=C/c2ccccc2F)SC1=S. The Bertz CT molecular complexity index is 690. The van der Waals surface area contributed by atoms with Crippen molar-refractivity contribution >= 4 is 46.3 Å². The van der Waals surface area contributed by atoms with E-state index in [1.807, 2.05) is 6.92 Å². The van der Waals surface area contributed by atoms with E-state index in [9.17, 15) is 19.1 Å². The van der Waals surface area contributed by atoms with Crippen molar-refractivity contribution in [3.05, 3.63) is 40.6 Å². The van der Waals surface area contributed by atoms with Gasteiger partial charge in [-0.3, -0.25) is 9.69 Å². The zero-order valence-corrected chi connectivity index (χ0v) is 14.2. The molecule has 0 aliphatic carbocycles. The molecule has 7 heteroatoms. The zero-order valence-electron chi connectivity index (χ0n) is 12.6. The highest BCUT2D eigenvalue weighted by molar-refractivity contribution is 8.26. The van der Waals surface area contributed by atoms with Crippen molar-refractivity contribution in [1.29, 1.82) is 0 Å². The van der Waals surface area contributed by atoms with Crippen molar-refractivity contribution in [3.63, 3.8) is 0 Å². The molecule has 1 saturated heterocycles. The number of amides is 1. The van der Waals surface area contributed by atoms with Gasteiger partial charge in [0.2, 0.25) is 0 Å². The Morgan fingerprint density at radius 3 is 2.70 bits per heavy atom. The molecule has 0 unspecified atom stereocenters. The summed E-state index contributed by atoms with van der Waals surface area (Å²) in [5.74, 6) is -2.65. The molecular formula is C16H15FNO3S2-. The summed E-state index contributed by atoms with van der Waals surface area (Å²) in [6.07, 6.45) is 1.94. The molecule has 0 N–H and O–H groups in total. The first-order valence-electron chi connectivity index (χ1n) is 7.09. The summed E-state index contributed by atoms with van der Waals surface area (Å²) in [6.45, 7) is 3.55. The number of carbonyl (C=O) groups is 2. The van der Waals surface area contributed by atoms with E-state index in [-0.39, 0.29) is 20.7 Å². The van der Waals surface area contributed by atoms with E-state index in [0.717, 1.165) is 16.7 Å². The molecular weight excluding hydrogens is 337 g/mol. The molecule has 1 fully saturated rings. The maximum atomic E-state index is 13.7. The van der Waals surface area contributed by atoms with Crippen LogP contribution in [-0.2, 0) is 9.59 Å². The Labute approximate surface area is 143 Å². The molecule has 4 nitrogen and oxygen atoms in total. The van der Waals surface area contributed by atoms with Crippen molar-refractivity contribution in [3.8, 4) is 0 Å². The first-order valence-corrected chi connectivity index (χ1v) is 8.31. The van der Waals surface area contributed by atoms with E-state index in [4.69, 9.17) is 12.2 Å². The maximum Gasteiger partial charge on any atom is 0.266 e. The summed E-state index contributed by atoms with van der Waals surface area (Å²) in [5, 5.41) is 11.4. The summed E-state index contributed by atoms with van der Waals surface area (Å²) < 4.78 is 13.9. The Morgan fingerprint density at radius 2 is 2.13 bits per heavy atom. The lowest BCUT2D eigenvalue weighted by molar-refractivity contribution is -0.311. The zero-order chi connectivity index (χ0) is 17.1. The molecule has 1 heterocycles. The number of benzene rings is 1. The highest BCUT2D eigenvalue weighted by Crippen LogP contribution is 2.36. The lowest BCUT2D eigenvalue weighted by Crippen LogP contribution is -2.53. The fourth-order valence-electron chi connectivity index (χ4n) is 2.27. The van der Waals surface area contributed by atoms with Crippen LogP contribution in [0.25, 0.3) is 6.08 Å². The van der Waals surface area contributed by atoms with E-state index in [1.54, 1.807) is 19.1 Å². The Kier molecular flexibility index (Phi) is 5.54.